The Morgan fingerprint density at radius 3 is 2.71 bits per heavy atom. The van der Waals surface area contributed by atoms with Crippen LogP contribution in [0.4, 0.5) is 5.82 Å². The van der Waals surface area contributed by atoms with Crippen LogP contribution >= 0.6 is 11.3 Å². The first-order valence-electron chi connectivity index (χ1n) is 8.58. The molecule has 0 unspecified atom stereocenters. The van der Waals surface area contributed by atoms with E-state index in [4.69, 9.17) is 0 Å². The van der Waals surface area contributed by atoms with Crippen molar-refractivity contribution in [2.45, 2.75) is 25.8 Å². The van der Waals surface area contributed by atoms with E-state index >= 15 is 0 Å². The standard InChI is InChI=1S/C17H23N5OS/c1-12-10-24-15-14(12)18-11-19-16(15)21-6-8-22(9-7-21)17(23)13-4-3-5-20(13)2/h10-11,13H,3-9H2,1-2H3/t13-/m1/s1. The van der Waals surface area contributed by atoms with E-state index in [1.165, 1.54) is 5.56 Å². The highest BCUT2D eigenvalue weighted by Gasteiger charge is 2.33. The number of piperazine rings is 1. The van der Waals surface area contributed by atoms with Crippen LogP contribution in [0.2, 0.25) is 0 Å². The van der Waals surface area contributed by atoms with Crippen molar-refractivity contribution in [3.63, 3.8) is 0 Å². The molecule has 0 saturated carbocycles. The molecule has 1 amide bonds. The topological polar surface area (TPSA) is 52.6 Å². The number of likely N-dealkylation sites (tertiary alicyclic amines) is 1. The summed E-state index contributed by atoms with van der Waals surface area (Å²) >= 11 is 1.71. The van der Waals surface area contributed by atoms with Crippen LogP contribution in [0.3, 0.4) is 0 Å². The molecule has 24 heavy (non-hydrogen) atoms. The molecule has 2 aliphatic heterocycles. The van der Waals surface area contributed by atoms with Gasteiger partial charge in [-0.3, -0.25) is 9.69 Å². The molecule has 0 aliphatic carbocycles. The quantitative estimate of drug-likeness (QED) is 0.830. The lowest BCUT2D eigenvalue weighted by atomic mass is 10.1. The fourth-order valence-corrected chi connectivity index (χ4v) is 4.77. The number of fused-ring (bicyclic) bond motifs is 1. The summed E-state index contributed by atoms with van der Waals surface area (Å²) in [6.07, 6.45) is 3.78. The zero-order chi connectivity index (χ0) is 16.7. The molecule has 4 rings (SSSR count). The number of nitrogens with zero attached hydrogens (tertiary/aromatic N) is 5. The van der Waals surface area contributed by atoms with Gasteiger partial charge in [-0.15, -0.1) is 11.3 Å². The molecular weight excluding hydrogens is 322 g/mol. The molecule has 128 valence electrons. The Bertz CT molecular complexity index is 753. The molecule has 2 aromatic heterocycles. The first kappa shape index (κ1) is 15.8. The maximum absolute atomic E-state index is 12.7. The number of hydrogen-bond donors (Lipinski definition) is 0. The van der Waals surface area contributed by atoms with E-state index in [2.05, 4.69) is 39.1 Å². The Hall–Kier alpha value is -1.73. The normalized spacial score (nSPS) is 22.5. The summed E-state index contributed by atoms with van der Waals surface area (Å²) in [7, 11) is 2.06. The highest BCUT2D eigenvalue weighted by Crippen LogP contribution is 2.31. The molecule has 0 spiro atoms. The maximum atomic E-state index is 12.7. The molecule has 2 aromatic rings. The summed E-state index contributed by atoms with van der Waals surface area (Å²) in [6, 6.07) is 0.0854. The van der Waals surface area contributed by atoms with Crippen LogP contribution in [0.15, 0.2) is 11.7 Å². The van der Waals surface area contributed by atoms with Gasteiger partial charge in [-0.05, 0) is 44.3 Å². The van der Waals surface area contributed by atoms with E-state index in [1.807, 2.05) is 4.90 Å². The van der Waals surface area contributed by atoms with Gasteiger partial charge in [0.05, 0.1) is 16.3 Å². The highest BCUT2D eigenvalue weighted by atomic mass is 32.1. The smallest absolute Gasteiger partial charge is 0.240 e. The van der Waals surface area contributed by atoms with E-state index in [9.17, 15) is 4.79 Å². The molecule has 2 saturated heterocycles. The summed E-state index contributed by atoms with van der Waals surface area (Å²) in [5, 5.41) is 2.14. The fourth-order valence-electron chi connectivity index (χ4n) is 3.75. The molecule has 7 heteroatoms. The van der Waals surface area contributed by atoms with Crippen LogP contribution in [0, 0.1) is 6.92 Å². The molecular formula is C17H23N5OS. The van der Waals surface area contributed by atoms with Gasteiger partial charge in [-0.25, -0.2) is 9.97 Å². The largest absolute Gasteiger partial charge is 0.352 e. The van der Waals surface area contributed by atoms with Crippen LogP contribution in [-0.4, -0.2) is 71.5 Å². The van der Waals surface area contributed by atoms with Crippen molar-refractivity contribution < 1.29 is 4.79 Å². The zero-order valence-electron chi connectivity index (χ0n) is 14.2. The lowest BCUT2D eigenvalue weighted by Gasteiger charge is -2.37. The second-order valence-corrected chi connectivity index (χ2v) is 7.62. The van der Waals surface area contributed by atoms with Gasteiger partial charge >= 0.3 is 0 Å². The number of aromatic nitrogens is 2. The average Bonchev–Trinajstić information content (AvgIpc) is 3.20. The lowest BCUT2D eigenvalue weighted by Crippen LogP contribution is -2.53. The van der Waals surface area contributed by atoms with Crippen LogP contribution in [-0.2, 0) is 4.79 Å². The highest BCUT2D eigenvalue weighted by molar-refractivity contribution is 7.18. The minimum absolute atomic E-state index is 0.0854. The second-order valence-electron chi connectivity index (χ2n) is 6.74. The van der Waals surface area contributed by atoms with Gasteiger partial charge in [0.2, 0.25) is 5.91 Å². The Balaban J connectivity index is 1.47. The third-order valence-corrected chi connectivity index (χ3v) is 6.29. The number of likely N-dealkylation sites (N-methyl/N-ethyl adjacent to an activating group) is 1. The predicted octanol–water partition coefficient (Wildman–Crippen LogP) is 1.74. The van der Waals surface area contributed by atoms with Gasteiger partial charge in [0.25, 0.3) is 0 Å². The Morgan fingerprint density at radius 2 is 2.00 bits per heavy atom. The van der Waals surface area contributed by atoms with Crippen LogP contribution in [0.25, 0.3) is 10.2 Å². The molecule has 0 N–H and O–H groups in total. The SMILES string of the molecule is Cc1csc2c(N3CCN(C(=O)[C@H]4CCCN4C)CC3)ncnc12. The van der Waals surface area contributed by atoms with E-state index < -0.39 is 0 Å². The van der Waals surface area contributed by atoms with Crippen LogP contribution in [0.1, 0.15) is 18.4 Å². The van der Waals surface area contributed by atoms with Crippen molar-refractivity contribution in [3.8, 4) is 0 Å². The van der Waals surface area contributed by atoms with Crippen molar-refractivity contribution in [1.82, 2.24) is 19.8 Å². The molecule has 2 aliphatic rings. The molecule has 4 heterocycles. The van der Waals surface area contributed by atoms with E-state index in [-0.39, 0.29) is 6.04 Å². The number of carbonyl (C=O) groups is 1. The number of carbonyl (C=O) groups excluding carboxylic acids is 1. The minimum Gasteiger partial charge on any atom is -0.352 e. The molecule has 0 aromatic carbocycles. The average molecular weight is 345 g/mol. The van der Waals surface area contributed by atoms with Gasteiger partial charge in [0.15, 0.2) is 0 Å². The molecule has 2 fully saturated rings. The summed E-state index contributed by atoms with van der Waals surface area (Å²) in [5.41, 5.74) is 2.26. The van der Waals surface area contributed by atoms with E-state index in [1.54, 1.807) is 17.7 Å². The number of rotatable bonds is 2. The molecule has 6 nitrogen and oxygen atoms in total. The first-order valence-corrected chi connectivity index (χ1v) is 9.46. The number of amides is 1. The maximum Gasteiger partial charge on any atom is 0.240 e. The van der Waals surface area contributed by atoms with Crippen molar-refractivity contribution >= 4 is 33.3 Å². The van der Waals surface area contributed by atoms with Gasteiger partial charge in [0, 0.05) is 26.2 Å². The molecule has 0 radical (unpaired) electrons. The zero-order valence-corrected chi connectivity index (χ0v) is 15.1. The monoisotopic (exact) mass is 345 g/mol. The number of anilines is 1. The van der Waals surface area contributed by atoms with E-state index in [0.717, 1.165) is 61.6 Å². The number of hydrogen-bond acceptors (Lipinski definition) is 6. The Morgan fingerprint density at radius 1 is 1.21 bits per heavy atom. The van der Waals surface area contributed by atoms with Gasteiger partial charge in [-0.2, -0.15) is 0 Å². The number of aryl methyl sites for hydroxylation is 1. The van der Waals surface area contributed by atoms with Crippen molar-refractivity contribution in [2.24, 2.45) is 0 Å². The predicted molar refractivity (Wildman–Crippen MR) is 96.6 cm³/mol. The summed E-state index contributed by atoms with van der Waals surface area (Å²) in [4.78, 5) is 28.1. The summed E-state index contributed by atoms with van der Waals surface area (Å²) in [6.45, 7) is 6.35. The van der Waals surface area contributed by atoms with Gasteiger partial charge in [0.1, 0.15) is 12.1 Å². The third-order valence-electron chi connectivity index (χ3n) is 5.21. The van der Waals surface area contributed by atoms with Gasteiger partial charge in [-0.1, -0.05) is 0 Å². The van der Waals surface area contributed by atoms with Crippen LogP contribution < -0.4 is 4.90 Å². The van der Waals surface area contributed by atoms with E-state index in [0.29, 0.717) is 5.91 Å². The summed E-state index contributed by atoms with van der Waals surface area (Å²) < 4.78 is 1.16. The lowest BCUT2D eigenvalue weighted by molar-refractivity contribution is -0.135. The fraction of sp³-hybridized carbons (Fsp3) is 0.588. The van der Waals surface area contributed by atoms with Crippen molar-refractivity contribution in [3.05, 3.63) is 17.3 Å². The molecule has 1 atom stereocenters. The van der Waals surface area contributed by atoms with Crippen molar-refractivity contribution in [1.29, 1.82) is 0 Å². The molecule has 0 bridgehead atoms. The van der Waals surface area contributed by atoms with Crippen molar-refractivity contribution in [2.75, 3.05) is 44.7 Å². The Labute approximate surface area is 146 Å². The van der Waals surface area contributed by atoms with Crippen LogP contribution in [0.5, 0.6) is 0 Å². The minimum atomic E-state index is 0.0854. The van der Waals surface area contributed by atoms with Gasteiger partial charge < -0.3 is 9.80 Å². The third kappa shape index (κ3) is 2.65. The second kappa shape index (κ2) is 6.29. The number of thiophene rings is 1. The summed E-state index contributed by atoms with van der Waals surface area (Å²) in [5.74, 6) is 1.32. The first-order chi connectivity index (χ1) is 11.6. The Kier molecular flexibility index (Phi) is 4.14.